The molecular formula is C32H29N3O6S2. The molecule has 4 aromatic rings. The average molecular weight is 616 g/mol. The molecule has 43 heavy (non-hydrogen) atoms. The molecule has 2 amide bonds. The predicted molar refractivity (Wildman–Crippen MR) is 168 cm³/mol. The molecule has 3 aromatic carbocycles. The van der Waals surface area contributed by atoms with Gasteiger partial charge in [-0.15, -0.1) is 23.1 Å². The van der Waals surface area contributed by atoms with Crippen molar-refractivity contribution in [1.29, 1.82) is 0 Å². The number of amides is 2. The summed E-state index contributed by atoms with van der Waals surface area (Å²) in [6, 6.07) is 22.8. The fraction of sp³-hybridized carbons (Fsp3) is 0.219. The fourth-order valence-electron chi connectivity index (χ4n) is 5.08. The first-order valence-electron chi connectivity index (χ1n) is 13.6. The number of nitro groups is 1. The number of nitro benzene ring substituents is 1. The van der Waals surface area contributed by atoms with Gasteiger partial charge >= 0.3 is 5.97 Å². The van der Waals surface area contributed by atoms with Crippen LogP contribution >= 0.6 is 23.1 Å². The summed E-state index contributed by atoms with van der Waals surface area (Å²) < 4.78 is 5.09. The highest BCUT2D eigenvalue weighted by molar-refractivity contribution is 8.00. The van der Waals surface area contributed by atoms with Crippen molar-refractivity contribution in [2.24, 2.45) is 0 Å². The molecule has 0 radical (unpaired) electrons. The third kappa shape index (κ3) is 6.95. The van der Waals surface area contributed by atoms with Gasteiger partial charge in [-0.2, -0.15) is 0 Å². The Bertz CT molecular complexity index is 1690. The molecule has 0 aliphatic heterocycles. The molecule has 0 bridgehead atoms. The summed E-state index contributed by atoms with van der Waals surface area (Å²) in [4.78, 5) is 51.1. The molecule has 2 unspecified atom stereocenters. The molecule has 9 nitrogen and oxygen atoms in total. The number of anilines is 2. The van der Waals surface area contributed by atoms with Crippen molar-refractivity contribution in [3.05, 3.63) is 116 Å². The van der Waals surface area contributed by atoms with Crippen LogP contribution in [0.4, 0.5) is 16.4 Å². The molecule has 0 spiro atoms. The number of rotatable bonds is 9. The minimum atomic E-state index is -0.554. The van der Waals surface area contributed by atoms with Crippen LogP contribution in [0.25, 0.3) is 0 Å². The first kappa shape index (κ1) is 30.0. The molecule has 220 valence electrons. The van der Waals surface area contributed by atoms with Crippen molar-refractivity contribution >= 4 is 57.3 Å². The second-order valence-electron chi connectivity index (χ2n) is 10.1. The summed E-state index contributed by atoms with van der Waals surface area (Å²) >= 11 is 2.74. The third-order valence-corrected chi connectivity index (χ3v) is 9.52. The number of benzene rings is 3. The molecular weight excluding hydrogens is 587 g/mol. The van der Waals surface area contributed by atoms with E-state index in [1.807, 2.05) is 24.3 Å². The van der Waals surface area contributed by atoms with E-state index in [1.165, 1.54) is 60.0 Å². The number of ether oxygens (including phenoxy) is 1. The Morgan fingerprint density at radius 3 is 2.53 bits per heavy atom. The average Bonchev–Trinajstić information content (AvgIpc) is 3.38. The van der Waals surface area contributed by atoms with Crippen LogP contribution in [0.5, 0.6) is 0 Å². The van der Waals surface area contributed by atoms with E-state index in [1.54, 1.807) is 25.1 Å². The number of methoxy groups -OCH3 is 1. The van der Waals surface area contributed by atoms with Crippen LogP contribution in [-0.4, -0.2) is 35.1 Å². The number of fused-ring (bicyclic) bond motifs is 1. The molecule has 1 heterocycles. The van der Waals surface area contributed by atoms with Gasteiger partial charge in [0, 0.05) is 33.2 Å². The lowest BCUT2D eigenvalue weighted by Crippen LogP contribution is -2.23. The van der Waals surface area contributed by atoms with Crippen LogP contribution in [0.2, 0.25) is 0 Å². The van der Waals surface area contributed by atoms with Gasteiger partial charge in [0.25, 0.3) is 11.6 Å². The van der Waals surface area contributed by atoms with Gasteiger partial charge in [0.15, 0.2) is 0 Å². The summed E-state index contributed by atoms with van der Waals surface area (Å²) in [6.45, 7) is 1.77. The molecule has 1 aromatic heterocycles. The number of thiophene rings is 1. The Labute approximate surface area is 256 Å². The van der Waals surface area contributed by atoms with Crippen molar-refractivity contribution in [3.63, 3.8) is 0 Å². The first-order chi connectivity index (χ1) is 20.7. The van der Waals surface area contributed by atoms with E-state index in [0.717, 1.165) is 34.6 Å². The molecule has 1 aliphatic carbocycles. The van der Waals surface area contributed by atoms with Gasteiger partial charge in [-0.05, 0) is 67.5 Å². The highest BCUT2D eigenvalue weighted by Crippen LogP contribution is 2.43. The summed E-state index contributed by atoms with van der Waals surface area (Å²) in [5.41, 5.74) is 3.13. The van der Waals surface area contributed by atoms with Crippen molar-refractivity contribution in [1.82, 2.24) is 0 Å². The van der Waals surface area contributed by atoms with E-state index >= 15 is 0 Å². The quantitative estimate of drug-likeness (QED) is 0.0891. The Morgan fingerprint density at radius 1 is 1.02 bits per heavy atom. The minimum Gasteiger partial charge on any atom is -0.465 e. The van der Waals surface area contributed by atoms with Gasteiger partial charge in [0.2, 0.25) is 5.91 Å². The van der Waals surface area contributed by atoms with Crippen LogP contribution < -0.4 is 10.6 Å². The van der Waals surface area contributed by atoms with E-state index in [2.05, 4.69) is 22.8 Å². The second-order valence-corrected chi connectivity index (χ2v) is 12.6. The maximum atomic E-state index is 13.3. The summed E-state index contributed by atoms with van der Waals surface area (Å²) in [5, 5.41) is 16.8. The van der Waals surface area contributed by atoms with Gasteiger partial charge in [0.1, 0.15) is 5.00 Å². The molecule has 0 fully saturated rings. The Hall–Kier alpha value is -4.48. The Balaban J connectivity index is 1.27. The van der Waals surface area contributed by atoms with E-state index in [9.17, 15) is 24.5 Å². The van der Waals surface area contributed by atoms with Gasteiger partial charge < -0.3 is 15.4 Å². The number of hydrogen-bond donors (Lipinski definition) is 2. The molecule has 5 rings (SSSR count). The number of non-ortho nitro benzene ring substituents is 1. The normalized spacial score (nSPS) is 14.7. The van der Waals surface area contributed by atoms with Crippen LogP contribution in [-0.2, 0) is 22.4 Å². The lowest BCUT2D eigenvalue weighted by atomic mass is 9.83. The van der Waals surface area contributed by atoms with E-state index < -0.39 is 22.0 Å². The largest absolute Gasteiger partial charge is 0.465 e. The predicted octanol–water partition coefficient (Wildman–Crippen LogP) is 7.09. The zero-order valence-corrected chi connectivity index (χ0v) is 25.1. The monoisotopic (exact) mass is 615 g/mol. The third-order valence-electron chi connectivity index (χ3n) is 7.26. The summed E-state index contributed by atoms with van der Waals surface area (Å²) in [7, 11) is 1.34. The van der Waals surface area contributed by atoms with E-state index in [0.29, 0.717) is 22.2 Å². The van der Waals surface area contributed by atoms with Gasteiger partial charge in [-0.25, -0.2) is 4.79 Å². The second kappa shape index (κ2) is 13.2. The lowest BCUT2D eigenvalue weighted by Gasteiger charge is -2.22. The highest BCUT2D eigenvalue weighted by Gasteiger charge is 2.31. The number of hydrogen-bond acceptors (Lipinski definition) is 8. The van der Waals surface area contributed by atoms with E-state index in [4.69, 9.17) is 4.74 Å². The molecule has 11 heteroatoms. The number of carbonyl (C=O) groups is 3. The minimum absolute atomic E-state index is 0.162. The first-order valence-corrected chi connectivity index (χ1v) is 15.3. The number of nitrogens with one attached hydrogen (secondary N) is 2. The zero-order valence-electron chi connectivity index (χ0n) is 23.5. The summed E-state index contributed by atoms with van der Waals surface area (Å²) in [6.07, 6.45) is 2.43. The van der Waals surface area contributed by atoms with Crippen LogP contribution in [0.1, 0.15) is 56.0 Å². The molecule has 2 atom stereocenters. The van der Waals surface area contributed by atoms with Crippen LogP contribution in [0, 0.1) is 10.1 Å². The number of thioether (sulfide) groups is 1. The zero-order chi connectivity index (χ0) is 30.5. The maximum Gasteiger partial charge on any atom is 0.341 e. The Morgan fingerprint density at radius 2 is 1.79 bits per heavy atom. The Kier molecular flexibility index (Phi) is 9.22. The molecule has 2 N–H and O–H groups in total. The number of esters is 1. The van der Waals surface area contributed by atoms with Gasteiger partial charge in [-0.1, -0.05) is 42.5 Å². The van der Waals surface area contributed by atoms with Crippen molar-refractivity contribution in [2.75, 3.05) is 17.7 Å². The van der Waals surface area contributed by atoms with Gasteiger partial charge in [-0.3, -0.25) is 19.7 Å². The summed E-state index contributed by atoms with van der Waals surface area (Å²) in [5.74, 6) is -0.860. The smallest absolute Gasteiger partial charge is 0.341 e. The highest BCUT2D eigenvalue weighted by atomic mass is 32.2. The van der Waals surface area contributed by atoms with Crippen LogP contribution in [0.3, 0.4) is 0 Å². The van der Waals surface area contributed by atoms with Crippen LogP contribution in [0.15, 0.2) is 83.8 Å². The van der Waals surface area contributed by atoms with Gasteiger partial charge in [0.05, 0.1) is 22.8 Å². The van der Waals surface area contributed by atoms with Crippen molar-refractivity contribution in [3.8, 4) is 0 Å². The topological polar surface area (TPSA) is 128 Å². The standard InChI is InChI=1S/C32H29N3O6S2/c1-19(42-25-13-7-11-23(18-25)33-30(37)22-10-6-12-24(16-22)35(39)40)29(36)34-31-28(32(38)41-2)26-15-14-21(17-27(26)43-31)20-8-4-3-5-9-20/h3-13,16,18-19,21H,14-15,17H2,1-2H3,(H,33,37)(H,34,36). The van der Waals surface area contributed by atoms with Crippen molar-refractivity contribution in [2.45, 2.75) is 42.2 Å². The molecule has 0 saturated carbocycles. The fourth-order valence-corrected chi connectivity index (χ4v) is 7.33. The maximum absolute atomic E-state index is 13.3. The number of carbonyl (C=O) groups excluding carboxylic acids is 3. The molecule has 0 saturated heterocycles. The number of nitrogens with zero attached hydrogens (tertiary/aromatic N) is 1. The van der Waals surface area contributed by atoms with Crippen molar-refractivity contribution < 1.29 is 24.0 Å². The SMILES string of the molecule is COC(=O)c1c(NC(=O)C(C)Sc2cccc(NC(=O)c3cccc([N+](=O)[O-])c3)c2)sc2c1CCC(c1ccccc1)C2. The lowest BCUT2D eigenvalue weighted by molar-refractivity contribution is -0.384. The molecule has 1 aliphatic rings. The van der Waals surface area contributed by atoms with E-state index in [-0.39, 0.29) is 17.2 Å².